The van der Waals surface area contributed by atoms with E-state index < -0.39 is 21.2 Å². The van der Waals surface area contributed by atoms with Gasteiger partial charge in [0.15, 0.2) is 0 Å². The fourth-order valence-electron chi connectivity index (χ4n) is 4.91. The first-order chi connectivity index (χ1) is 22.1. The second-order valence-corrected chi connectivity index (χ2v) is 16.0. The second kappa shape index (κ2) is 12.1. The Hall–Kier alpha value is -4.75. The minimum absolute atomic E-state index is 0.0564. The molecule has 4 heterocycles. The van der Waals surface area contributed by atoms with E-state index in [1.807, 2.05) is 77.9 Å². The molecule has 0 saturated heterocycles. The lowest BCUT2D eigenvalue weighted by molar-refractivity contribution is 0.103. The molecule has 0 amide bonds. The number of aromatic nitrogens is 5. The van der Waals surface area contributed by atoms with Gasteiger partial charge in [-0.3, -0.25) is 4.31 Å². The first-order valence-electron chi connectivity index (χ1n) is 14.9. The SMILES string of the molecule is CC(C)(C)Oc1ncc(-c2ncc(CN(c3ccc4c(-c5ncc[nH]5)c(-c5ccccc5)oc4c3)S(C)(=O)=O)s2)c(OC(C)(C)C)n1. The van der Waals surface area contributed by atoms with Crippen molar-refractivity contribution in [2.24, 2.45) is 0 Å². The number of hydrogen-bond donors (Lipinski definition) is 1. The molecule has 6 rings (SSSR count). The number of aromatic amines is 1. The predicted molar refractivity (Wildman–Crippen MR) is 184 cm³/mol. The number of anilines is 1. The molecule has 1 N–H and O–H groups in total. The van der Waals surface area contributed by atoms with E-state index in [1.165, 1.54) is 21.9 Å². The first-order valence-corrected chi connectivity index (χ1v) is 17.6. The smallest absolute Gasteiger partial charge is 0.320 e. The van der Waals surface area contributed by atoms with Crippen LogP contribution in [0.15, 0.2) is 77.7 Å². The van der Waals surface area contributed by atoms with E-state index in [0.717, 1.165) is 16.5 Å². The van der Waals surface area contributed by atoms with Crippen LogP contribution in [0.2, 0.25) is 0 Å². The maximum absolute atomic E-state index is 13.2. The van der Waals surface area contributed by atoms with Crippen molar-refractivity contribution in [3.63, 3.8) is 0 Å². The van der Waals surface area contributed by atoms with Crippen molar-refractivity contribution in [3.8, 4) is 45.2 Å². The quantitative estimate of drug-likeness (QED) is 0.164. The summed E-state index contributed by atoms with van der Waals surface area (Å²) < 4.78 is 46.2. The summed E-state index contributed by atoms with van der Waals surface area (Å²) in [7, 11) is -3.71. The molecule has 0 aliphatic heterocycles. The Kier molecular flexibility index (Phi) is 8.30. The van der Waals surface area contributed by atoms with Gasteiger partial charge in [0.1, 0.15) is 33.4 Å². The molecular weight excluding hydrogens is 637 g/mol. The van der Waals surface area contributed by atoms with Gasteiger partial charge in [0.2, 0.25) is 15.9 Å². The summed E-state index contributed by atoms with van der Waals surface area (Å²) in [5, 5.41) is 1.40. The molecule has 0 aliphatic carbocycles. The number of benzene rings is 2. The third-order valence-corrected chi connectivity index (χ3v) is 8.90. The molecule has 244 valence electrons. The molecule has 0 saturated carbocycles. The van der Waals surface area contributed by atoms with Gasteiger partial charge in [-0.15, -0.1) is 11.3 Å². The van der Waals surface area contributed by atoms with E-state index in [4.69, 9.17) is 13.9 Å². The monoisotopic (exact) mass is 672 g/mol. The van der Waals surface area contributed by atoms with Crippen LogP contribution in [0.4, 0.5) is 5.69 Å². The Morgan fingerprint density at radius 3 is 2.34 bits per heavy atom. The molecule has 0 fully saturated rings. The van der Waals surface area contributed by atoms with E-state index in [2.05, 4.69) is 24.9 Å². The lowest BCUT2D eigenvalue weighted by Crippen LogP contribution is -2.28. The van der Waals surface area contributed by atoms with E-state index in [0.29, 0.717) is 44.2 Å². The summed E-state index contributed by atoms with van der Waals surface area (Å²) in [6.45, 7) is 11.6. The number of imidazole rings is 1. The van der Waals surface area contributed by atoms with Crippen LogP contribution in [0, 0.1) is 0 Å². The van der Waals surface area contributed by atoms with Crippen LogP contribution >= 0.6 is 11.3 Å². The van der Waals surface area contributed by atoms with E-state index in [-0.39, 0.29) is 12.6 Å². The zero-order valence-corrected chi connectivity index (χ0v) is 28.9. The average Bonchev–Trinajstić information content (AvgIpc) is 3.74. The van der Waals surface area contributed by atoms with Crippen LogP contribution in [0.25, 0.3) is 44.3 Å². The van der Waals surface area contributed by atoms with Crippen molar-refractivity contribution in [3.05, 3.63) is 78.2 Å². The Bertz CT molecular complexity index is 2130. The molecule has 0 unspecified atom stereocenters. The zero-order valence-electron chi connectivity index (χ0n) is 27.2. The number of ether oxygens (including phenoxy) is 2. The van der Waals surface area contributed by atoms with E-state index in [1.54, 1.807) is 36.9 Å². The molecule has 4 aromatic heterocycles. The number of nitrogens with zero attached hydrogens (tertiary/aromatic N) is 5. The topological polar surface area (TPSA) is 136 Å². The summed E-state index contributed by atoms with van der Waals surface area (Å²) in [6, 6.07) is 15.3. The maximum atomic E-state index is 13.2. The number of H-pyrrole nitrogens is 1. The summed E-state index contributed by atoms with van der Waals surface area (Å²) in [5.74, 6) is 1.63. The van der Waals surface area contributed by atoms with Crippen molar-refractivity contribution in [1.29, 1.82) is 0 Å². The van der Waals surface area contributed by atoms with Gasteiger partial charge in [0.05, 0.1) is 29.6 Å². The minimum atomic E-state index is -3.71. The third kappa shape index (κ3) is 7.31. The normalized spacial score (nSPS) is 12.4. The fraction of sp³-hybridized carbons (Fsp3) is 0.294. The van der Waals surface area contributed by atoms with E-state index in [9.17, 15) is 8.42 Å². The number of sulfonamides is 1. The molecule has 0 radical (unpaired) electrons. The van der Waals surface area contributed by atoms with Crippen LogP contribution in [-0.2, 0) is 16.6 Å². The van der Waals surface area contributed by atoms with Crippen LogP contribution in [0.1, 0.15) is 46.4 Å². The number of furan rings is 1. The molecule has 47 heavy (non-hydrogen) atoms. The number of rotatable bonds is 9. The highest BCUT2D eigenvalue weighted by molar-refractivity contribution is 7.92. The average molecular weight is 673 g/mol. The molecule has 2 aromatic carbocycles. The largest absolute Gasteiger partial charge is 0.471 e. The van der Waals surface area contributed by atoms with Crippen LogP contribution < -0.4 is 13.8 Å². The van der Waals surface area contributed by atoms with Crippen LogP contribution in [0.5, 0.6) is 11.9 Å². The molecule has 0 bridgehead atoms. The molecule has 6 aromatic rings. The first kappa shape index (κ1) is 32.2. The second-order valence-electron chi connectivity index (χ2n) is 13.0. The Labute approximate surface area is 277 Å². The van der Waals surface area contributed by atoms with E-state index >= 15 is 0 Å². The summed E-state index contributed by atoms with van der Waals surface area (Å²) in [5.41, 5.74) is 2.21. The third-order valence-electron chi connectivity index (χ3n) is 6.75. The number of nitrogens with one attached hydrogen (secondary N) is 1. The fourth-order valence-corrected chi connectivity index (χ4v) is 6.76. The van der Waals surface area contributed by atoms with Crippen molar-refractivity contribution >= 4 is 38.0 Å². The van der Waals surface area contributed by atoms with Gasteiger partial charge in [-0.2, -0.15) is 4.98 Å². The highest BCUT2D eigenvalue weighted by atomic mass is 32.2. The predicted octanol–water partition coefficient (Wildman–Crippen LogP) is 7.72. The molecule has 13 heteroatoms. The minimum Gasteiger partial charge on any atom is -0.471 e. The summed E-state index contributed by atoms with van der Waals surface area (Å²) >= 11 is 1.34. The Morgan fingerprint density at radius 1 is 0.936 bits per heavy atom. The highest BCUT2D eigenvalue weighted by Gasteiger charge is 2.26. The van der Waals surface area contributed by atoms with Gasteiger partial charge in [-0.25, -0.2) is 23.4 Å². The maximum Gasteiger partial charge on any atom is 0.320 e. The molecule has 0 spiro atoms. The highest BCUT2D eigenvalue weighted by Crippen LogP contribution is 2.41. The summed E-state index contributed by atoms with van der Waals surface area (Å²) in [4.78, 5) is 21.9. The van der Waals surface area contributed by atoms with Gasteiger partial charge >= 0.3 is 6.01 Å². The Balaban J connectivity index is 1.36. The lowest BCUT2D eigenvalue weighted by atomic mass is 10.0. The summed E-state index contributed by atoms with van der Waals surface area (Å²) in [6.07, 6.45) is 7.90. The van der Waals surface area contributed by atoms with Crippen molar-refractivity contribution in [1.82, 2.24) is 24.9 Å². The molecule has 0 aliphatic rings. The standard InChI is InChI=1S/C34H36N6O5S2/c1-33(2,3)44-30-25(19-38-32(39-30)45-34(4,5)6)31-37-18-23(46-31)20-40(47(7,41)42)22-13-14-24-26(17-22)43-28(21-11-9-8-10-12-21)27(24)29-35-15-16-36-29/h8-19H,20H2,1-7H3,(H,35,36). The van der Waals surface area contributed by atoms with Gasteiger partial charge in [0.25, 0.3) is 0 Å². The number of hydrogen-bond acceptors (Lipinski definition) is 10. The molecule has 0 atom stereocenters. The molecular formula is C34H36N6O5S2. The van der Waals surface area contributed by atoms with Crippen molar-refractivity contribution in [2.75, 3.05) is 10.6 Å². The number of thiazole rings is 1. The van der Waals surface area contributed by atoms with Gasteiger partial charge < -0.3 is 18.9 Å². The van der Waals surface area contributed by atoms with Crippen molar-refractivity contribution < 1.29 is 22.3 Å². The van der Waals surface area contributed by atoms with Crippen LogP contribution in [-0.4, -0.2) is 50.8 Å². The zero-order chi connectivity index (χ0) is 33.6. The molecule has 11 nitrogen and oxygen atoms in total. The van der Waals surface area contributed by atoms with Crippen molar-refractivity contribution in [2.45, 2.75) is 59.3 Å². The number of fused-ring (bicyclic) bond motifs is 1. The van der Waals surface area contributed by atoms with Gasteiger partial charge in [-0.1, -0.05) is 30.3 Å². The Morgan fingerprint density at radius 2 is 1.68 bits per heavy atom. The van der Waals surface area contributed by atoms with Gasteiger partial charge in [-0.05, 0) is 53.7 Å². The van der Waals surface area contributed by atoms with Gasteiger partial charge in [0, 0.05) is 46.7 Å². The lowest BCUT2D eigenvalue weighted by Gasteiger charge is -2.23. The van der Waals surface area contributed by atoms with Crippen LogP contribution in [0.3, 0.4) is 0 Å².